The van der Waals surface area contributed by atoms with E-state index in [0.717, 1.165) is 10.8 Å². The van der Waals surface area contributed by atoms with Crippen LogP contribution in [0.15, 0.2) is 54.6 Å². The maximum atomic E-state index is 12.2. The van der Waals surface area contributed by atoms with Crippen molar-refractivity contribution in [2.75, 3.05) is 26.1 Å². The largest absolute Gasteiger partial charge is 0.493 e. The van der Waals surface area contributed by atoms with Gasteiger partial charge in [0.2, 0.25) is 0 Å². The molecule has 1 N–H and O–H groups in total. The molecule has 3 aromatic carbocycles. The minimum atomic E-state index is -0.698. The van der Waals surface area contributed by atoms with E-state index in [2.05, 4.69) is 5.32 Å². The summed E-state index contributed by atoms with van der Waals surface area (Å²) in [7, 11) is 2.87. The summed E-state index contributed by atoms with van der Waals surface area (Å²) in [5.74, 6) is -0.538. The first-order valence-electron chi connectivity index (χ1n) is 8.39. The second-order valence-corrected chi connectivity index (χ2v) is 6.29. The number of nitrogens with one attached hydrogen (secondary N) is 1. The molecule has 0 atom stereocenters. The molecular formula is C21H18ClNO5. The van der Waals surface area contributed by atoms with E-state index in [1.165, 1.54) is 26.4 Å². The van der Waals surface area contributed by atoms with Crippen LogP contribution in [0.5, 0.6) is 11.5 Å². The first kappa shape index (κ1) is 19.5. The van der Waals surface area contributed by atoms with Gasteiger partial charge in [0.05, 0.1) is 24.8 Å². The monoisotopic (exact) mass is 399 g/mol. The number of anilines is 1. The number of fused-ring (bicyclic) bond motifs is 1. The van der Waals surface area contributed by atoms with E-state index in [9.17, 15) is 9.59 Å². The van der Waals surface area contributed by atoms with Crippen LogP contribution in [0.25, 0.3) is 10.8 Å². The highest BCUT2D eigenvalue weighted by atomic mass is 35.5. The van der Waals surface area contributed by atoms with Crippen LogP contribution in [0.4, 0.5) is 5.69 Å². The van der Waals surface area contributed by atoms with Crippen molar-refractivity contribution in [1.29, 1.82) is 0 Å². The number of halogens is 1. The third-order valence-electron chi connectivity index (χ3n) is 4.04. The second-order valence-electron chi connectivity index (χ2n) is 5.88. The maximum Gasteiger partial charge on any atom is 0.338 e. The molecular weight excluding hydrogens is 382 g/mol. The van der Waals surface area contributed by atoms with Crippen LogP contribution in [-0.2, 0) is 9.53 Å². The summed E-state index contributed by atoms with van der Waals surface area (Å²) in [6.07, 6.45) is 0. The lowest BCUT2D eigenvalue weighted by Crippen LogP contribution is -2.21. The molecule has 6 nitrogen and oxygen atoms in total. The molecule has 0 aliphatic heterocycles. The Hall–Kier alpha value is -3.25. The molecule has 0 bridgehead atoms. The fraction of sp³-hybridized carbons (Fsp3) is 0.143. The number of hydrogen-bond acceptors (Lipinski definition) is 5. The third-order valence-corrected chi connectivity index (χ3v) is 4.32. The van der Waals surface area contributed by atoms with E-state index in [0.29, 0.717) is 17.2 Å². The van der Waals surface area contributed by atoms with Gasteiger partial charge in [0.1, 0.15) is 0 Å². The first-order chi connectivity index (χ1) is 13.5. The highest BCUT2D eigenvalue weighted by molar-refractivity contribution is 6.32. The maximum absolute atomic E-state index is 12.2. The van der Waals surface area contributed by atoms with Crippen LogP contribution in [0.2, 0.25) is 5.02 Å². The van der Waals surface area contributed by atoms with Gasteiger partial charge in [0.25, 0.3) is 5.91 Å². The van der Waals surface area contributed by atoms with Crippen LogP contribution < -0.4 is 14.8 Å². The summed E-state index contributed by atoms with van der Waals surface area (Å²) < 4.78 is 15.3. The molecule has 0 aromatic heterocycles. The molecule has 3 aromatic rings. The number of benzene rings is 3. The summed E-state index contributed by atoms with van der Waals surface area (Å²) in [6, 6.07) is 16.2. The molecule has 0 saturated carbocycles. The van der Waals surface area contributed by atoms with Crippen LogP contribution >= 0.6 is 11.6 Å². The highest BCUT2D eigenvalue weighted by Crippen LogP contribution is 2.36. The van der Waals surface area contributed by atoms with Crippen molar-refractivity contribution in [3.8, 4) is 11.5 Å². The van der Waals surface area contributed by atoms with E-state index in [1.54, 1.807) is 6.07 Å². The van der Waals surface area contributed by atoms with Gasteiger partial charge >= 0.3 is 5.97 Å². The minimum absolute atomic E-state index is 0.154. The van der Waals surface area contributed by atoms with E-state index in [-0.39, 0.29) is 10.6 Å². The minimum Gasteiger partial charge on any atom is -0.493 e. The van der Waals surface area contributed by atoms with Crippen molar-refractivity contribution < 1.29 is 23.8 Å². The number of carbonyl (C=O) groups is 2. The van der Waals surface area contributed by atoms with Crippen molar-refractivity contribution in [3.63, 3.8) is 0 Å². The van der Waals surface area contributed by atoms with E-state index in [1.807, 2.05) is 36.4 Å². The number of hydrogen-bond donors (Lipinski definition) is 1. The van der Waals surface area contributed by atoms with Crippen LogP contribution in [-0.4, -0.2) is 32.7 Å². The number of carbonyl (C=O) groups excluding carboxylic acids is 2. The number of esters is 1. The molecule has 0 fully saturated rings. The van der Waals surface area contributed by atoms with Crippen molar-refractivity contribution in [2.24, 2.45) is 0 Å². The van der Waals surface area contributed by atoms with Gasteiger partial charge in [-0.1, -0.05) is 41.9 Å². The van der Waals surface area contributed by atoms with E-state index in [4.69, 9.17) is 25.8 Å². The van der Waals surface area contributed by atoms with Crippen molar-refractivity contribution in [1.82, 2.24) is 0 Å². The highest BCUT2D eigenvalue weighted by Gasteiger charge is 2.17. The topological polar surface area (TPSA) is 73.9 Å². The summed E-state index contributed by atoms with van der Waals surface area (Å²) in [4.78, 5) is 24.4. The Bertz CT molecular complexity index is 1030. The van der Waals surface area contributed by atoms with E-state index >= 15 is 0 Å². The summed E-state index contributed by atoms with van der Waals surface area (Å²) >= 11 is 6.08. The number of methoxy groups -OCH3 is 2. The first-order valence-corrected chi connectivity index (χ1v) is 8.77. The van der Waals surface area contributed by atoms with Gasteiger partial charge < -0.3 is 19.5 Å². The Kier molecular flexibility index (Phi) is 6.01. The van der Waals surface area contributed by atoms with Gasteiger partial charge in [-0.15, -0.1) is 0 Å². The fourth-order valence-corrected chi connectivity index (χ4v) is 3.00. The zero-order valence-electron chi connectivity index (χ0n) is 15.3. The molecule has 7 heteroatoms. The van der Waals surface area contributed by atoms with Gasteiger partial charge in [-0.3, -0.25) is 4.79 Å². The van der Waals surface area contributed by atoms with Gasteiger partial charge in [-0.25, -0.2) is 4.79 Å². The van der Waals surface area contributed by atoms with Gasteiger partial charge in [0, 0.05) is 5.69 Å². The molecule has 0 radical (unpaired) electrons. The van der Waals surface area contributed by atoms with Gasteiger partial charge in [-0.2, -0.15) is 0 Å². The van der Waals surface area contributed by atoms with Crippen molar-refractivity contribution in [2.45, 2.75) is 0 Å². The lowest BCUT2D eigenvalue weighted by Gasteiger charge is -2.12. The Morgan fingerprint density at radius 3 is 2.43 bits per heavy atom. The average Bonchev–Trinajstić information content (AvgIpc) is 2.71. The molecule has 3 rings (SSSR count). The summed E-state index contributed by atoms with van der Waals surface area (Å²) in [5.41, 5.74) is 0.773. The van der Waals surface area contributed by atoms with Gasteiger partial charge in [-0.05, 0) is 35.0 Å². The average molecular weight is 400 g/mol. The molecule has 0 heterocycles. The normalized spacial score (nSPS) is 10.4. The quantitative estimate of drug-likeness (QED) is 0.625. The molecule has 0 aliphatic carbocycles. The Morgan fingerprint density at radius 2 is 1.71 bits per heavy atom. The number of ether oxygens (including phenoxy) is 3. The van der Waals surface area contributed by atoms with E-state index < -0.39 is 18.5 Å². The zero-order valence-corrected chi connectivity index (χ0v) is 16.1. The van der Waals surface area contributed by atoms with Crippen LogP contribution in [0, 0.1) is 0 Å². The lowest BCUT2D eigenvalue weighted by atomic mass is 10.1. The zero-order chi connectivity index (χ0) is 20.1. The SMILES string of the molecule is COc1cc(C(=O)OCC(=O)Nc2ccc3ccccc3c2)cc(Cl)c1OC. The third kappa shape index (κ3) is 4.35. The Labute approximate surface area is 167 Å². The molecule has 0 saturated heterocycles. The summed E-state index contributed by atoms with van der Waals surface area (Å²) in [6.45, 7) is -0.433. The number of rotatable bonds is 6. The standard InChI is InChI=1S/C21H18ClNO5/c1-26-18-11-15(10-17(22)20(18)27-2)21(25)28-12-19(24)23-16-8-7-13-5-3-4-6-14(13)9-16/h3-11H,12H2,1-2H3,(H,23,24). The predicted molar refractivity (Wildman–Crippen MR) is 107 cm³/mol. The molecule has 28 heavy (non-hydrogen) atoms. The van der Waals surface area contributed by atoms with Crippen LogP contribution in [0.3, 0.4) is 0 Å². The predicted octanol–water partition coefficient (Wildman–Crippen LogP) is 4.31. The molecule has 0 aliphatic rings. The Morgan fingerprint density at radius 1 is 0.964 bits per heavy atom. The van der Waals surface area contributed by atoms with Crippen molar-refractivity contribution in [3.05, 3.63) is 65.2 Å². The second kappa shape index (κ2) is 8.63. The molecule has 144 valence electrons. The molecule has 0 spiro atoms. The Balaban J connectivity index is 1.63. The van der Waals surface area contributed by atoms with Gasteiger partial charge in [0.15, 0.2) is 18.1 Å². The smallest absolute Gasteiger partial charge is 0.338 e. The fourth-order valence-electron chi connectivity index (χ4n) is 2.71. The summed E-state index contributed by atoms with van der Waals surface area (Å²) in [5, 5.41) is 4.97. The van der Waals surface area contributed by atoms with Crippen LogP contribution in [0.1, 0.15) is 10.4 Å². The van der Waals surface area contributed by atoms with Crippen molar-refractivity contribution >= 4 is 39.9 Å². The lowest BCUT2D eigenvalue weighted by molar-refractivity contribution is -0.119. The molecule has 1 amide bonds. The molecule has 0 unspecified atom stereocenters. The number of amides is 1.